The number of rotatable bonds is 2. The fourth-order valence-electron chi connectivity index (χ4n) is 4.59. The maximum absolute atomic E-state index is 12.7. The number of likely N-dealkylation sites (tertiary alicyclic amines) is 1. The smallest absolute Gasteiger partial charge is 0.307 e. The van der Waals surface area contributed by atoms with Gasteiger partial charge >= 0.3 is 5.97 Å². The molecule has 4 unspecified atom stereocenters. The van der Waals surface area contributed by atoms with E-state index in [0.717, 1.165) is 38.3 Å². The first-order chi connectivity index (χ1) is 9.66. The molecule has 0 radical (unpaired) electrons. The number of piperidine rings is 1. The molecule has 1 amide bonds. The molecule has 0 spiro atoms. The van der Waals surface area contributed by atoms with Crippen LogP contribution in [0.1, 0.15) is 51.4 Å². The molecule has 0 bridgehead atoms. The molecule has 0 aromatic rings. The average molecular weight is 279 g/mol. The molecule has 3 rings (SSSR count). The SMILES string of the molecule is O=C(O)C1CCCC1C(=O)N1CCC2CCCCC2C1. The van der Waals surface area contributed by atoms with Crippen molar-refractivity contribution in [2.45, 2.75) is 51.4 Å². The summed E-state index contributed by atoms with van der Waals surface area (Å²) in [5.74, 6) is 0.129. The Hall–Kier alpha value is -1.06. The summed E-state index contributed by atoms with van der Waals surface area (Å²) in [5, 5.41) is 9.25. The zero-order valence-electron chi connectivity index (χ0n) is 12.1. The van der Waals surface area contributed by atoms with Gasteiger partial charge in [0.2, 0.25) is 5.91 Å². The monoisotopic (exact) mass is 279 g/mol. The molecule has 112 valence electrons. The molecule has 1 N–H and O–H groups in total. The Balaban J connectivity index is 1.64. The van der Waals surface area contributed by atoms with E-state index in [2.05, 4.69) is 0 Å². The molecular formula is C16H25NO3. The van der Waals surface area contributed by atoms with Gasteiger partial charge in [0.1, 0.15) is 0 Å². The third-order valence-corrected chi connectivity index (χ3v) is 5.75. The van der Waals surface area contributed by atoms with E-state index >= 15 is 0 Å². The van der Waals surface area contributed by atoms with Crippen LogP contribution in [-0.4, -0.2) is 35.0 Å². The van der Waals surface area contributed by atoms with Crippen LogP contribution in [-0.2, 0) is 9.59 Å². The van der Waals surface area contributed by atoms with Crippen LogP contribution in [0.4, 0.5) is 0 Å². The van der Waals surface area contributed by atoms with Gasteiger partial charge in [-0.15, -0.1) is 0 Å². The van der Waals surface area contributed by atoms with Crippen LogP contribution in [0.25, 0.3) is 0 Å². The molecule has 2 aliphatic carbocycles. The minimum Gasteiger partial charge on any atom is -0.481 e. The Morgan fingerprint density at radius 3 is 2.30 bits per heavy atom. The highest BCUT2D eigenvalue weighted by Gasteiger charge is 2.41. The van der Waals surface area contributed by atoms with Crippen LogP contribution in [0.2, 0.25) is 0 Å². The van der Waals surface area contributed by atoms with E-state index in [-0.39, 0.29) is 11.8 Å². The van der Waals surface area contributed by atoms with Crippen LogP contribution in [0, 0.1) is 23.7 Å². The van der Waals surface area contributed by atoms with Crippen molar-refractivity contribution in [1.82, 2.24) is 4.90 Å². The van der Waals surface area contributed by atoms with Crippen LogP contribution >= 0.6 is 0 Å². The van der Waals surface area contributed by atoms with E-state index in [1.54, 1.807) is 0 Å². The van der Waals surface area contributed by atoms with Gasteiger partial charge in [0.25, 0.3) is 0 Å². The maximum atomic E-state index is 12.7. The maximum Gasteiger partial charge on any atom is 0.307 e. The molecule has 20 heavy (non-hydrogen) atoms. The summed E-state index contributed by atoms with van der Waals surface area (Å²) in [6.45, 7) is 1.73. The number of carbonyl (C=O) groups is 2. The van der Waals surface area contributed by atoms with E-state index in [0.29, 0.717) is 12.3 Å². The van der Waals surface area contributed by atoms with Gasteiger partial charge < -0.3 is 10.0 Å². The Morgan fingerprint density at radius 2 is 1.55 bits per heavy atom. The van der Waals surface area contributed by atoms with Crippen LogP contribution < -0.4 is 0 Å². The lowest BCUT2D eigenvalue weighted by molar-refractivity contribution is -0.150. The zero-order valence-corrected chi connectivity index (χ0v) is 12.1. The van der Waals surface area contributed by atoms with Crippen molar-refractivity contribution in [2.75, 3.05) is 13.1 Å². The fourth-order valence-corrected chi connectivity index (χ4v) is 4.59. The van der Waals surface area contributed by atoms with Crippen molar-refractivity contribution in [3.05, 3.63) is 0 Å². The molecular weight excluding hydrogens is 254 g/mol. The van der Waals surface area contributed by atoms with E-state index in [9.17, 15) is 14.7 Å². The van der Waals surface area contributed by atoms with E-state index in [4.69, 9.17) is 0 Å². The lowest BCUT2D eigenvalue weighted by atomic mass is 9.75. The minimum absolute atomic E-state index is 0.124. The lowest BCUT2D eigenvalue weighted by Crippen LogP contribution is -2.48. The first kappa shape index (κ1) is 13.9. The van der Waals surface area contributed by atoms with E-state index < -0.39 is 11.9 Å². The van der Waals surface area contributed by atoms with Gasteiger partial charge in [-0.1, -0.05) is 25.7 Å². The van der Waals surface area contributed by atoms with E-state index in [1.165, 1.54) is 25.7 Å². The van der Waals surface area contributed by atoms with Gasteiger partial charge in [-0.3, -0.25) is 9.59 Å². The van der Waals surface area contributed by atoms with Gasteiger partial charge in [-0.05, 0) is 37.5 Å². The predicted octanol–water partition coefficient (Wildman–Crippen LogP) is 2.53. The summed E-state index contributed by atoms with van der Waals surface area (Å²) >= 11 is 0. The molecule has 4 heteroatoms. The zero-order chi connectivity index (χ0) is 14.1. The standard InChI is InChI=1S/C16H25NO3/c18-15(13-6-3-7-14(13)16(19)20)17-9-8-11-4-1-2-5-12(11)10-17/h11-14H,1-10H2,(H,19,20). The van der Waals surface area contributed by atoms with E-state index in [1.807, 2.05) is 4.90 Å². The van der Waals surface area contributed by atoms with Crippen molar-refractivity contribution in [3.63, 3.8) is 0 Å². The van der Waals surface area contributed by atoms with Crippen LogP contribution in [0.3, 0.4) is 0 Å². The van der Waals surface area contributed by atoms with Crippen molar-refractivity contribution >= 4 is 11.9 Å². The summed E-state index contributed by atoms with van der Waals surface area (Å²) in [5.41, 5.74) is 0. The van der Waals surface area contributed by atoms with Gasteiger partial charge in [-0.25, -0.2) is 0 Å². The van der Waals surface area contributed by atoms with Crippen molar-refractivity contribution in [3.8, 4) is 0 Å². The second-order valence-corrected chi connectivity index (χ2v) is 6.86. The van der Waals surface area contributed by atoms with Gasteiger partial charge in [0, 0.05) is 13.1 Å². The number of amides is 1. The Bertz CT molecular complexity index is 395. The summed E-state index contributed by atoms with van der Waals surface area (Å²) < 4.78 is 0. The quantitative estimate of drug-likeness (QED) is 0.845. The highest BCUT2D eigenvalue weighted by molar-refractivity contribution is 5.85. The van der Waals surface area contributed by atoms with Gasteiger partial charge in [0.15, 0.2) is 0 Å². The first-order valence-electron chi connectivity index (χ1n) is 8.18. The molecule has 3 fully saturated rings. The number of carbonyl (C=O) groups excluding carboxylic acids is 1. The molecule has 3 aliphatic rings. The van der Waals surface area contributed by atoms with Gasteiger partial charge in [0.05, 0.1) is 11.8 Å². The second kappa shape index (κ2) is 5.74. The molecule has 1 heterocycles. The topological polar surface area (TPSA) is 57.6 Å². The number of hydrogen-bond donors (Lipinski definition) is 1. The summed E-state index contributed by atoms with van der Waals surface area (Å²) in [6.07, 6.45) is 8.67. The molecule has 0 aromatic heterocycles. The Kier molecular flexibility index (Phi) is 3.99. The molecule has 4 nitrogen and oxygen atoms in total. The lowest BCUT2D eigenvalue weighted by Gasteiger charge is -2.42. The van der Waals surface area contributed by atoms with Gasteiger partial charge in [-0.2, -0.15) is 0 Å². The van der Waals surface area contributed by atoms with Crippen LogP contribution in [0.15, 0.2) is 0 Å². The van der Waals surface area contributed by atoms with Crippen molar-refractivity contribution < 1.29 is 14.7 Å². The Morgan fingerprint density at radius 1 is 0.850 bits per heavy atom. The summed E-state index contributed by atoms with van der Waals surface area (Å²) in [6, 6.07) is 0. The Labute approximate surface area is 120 Å². The number of hydrogen-bond acceptors (Lipinski definition) is 2. The number of nitrogens with zero attached hydrogens (tertiary/aromatic N) is 1. The number of carboxylic acid groups (broad SMARTS) is 1. The highest BCUT2D eigenvalue weighted by Crippen LogP contribution is 2.38. The number of carboxylic acids is 1. The number of fused-ring (bicyclic) bond motifs is 1. The summed E-state index contributed by atoms with van der Waals surface area (Å²) in [4.78, 5) is 25.9. The highest BCUT2D eigenvalue weighted by atomic mass is 16.4. The second-order valence-electron chi connectivity index (χ2n) is 6.86. The average Bonchev–Trinajstić information content (AvgIpc) is 2.95. The normalized spacial score (nSPS) is 37.5. The first-order valence-corrected chi connectivity index (χ1v) is 8.18. The van der Waals surface area contributed by atoms with Crippen LogP contribution in [0.5, 0.6) is 0 Å². The molecule has 1 saturated heterocycles. The number of aliphatic carboxylic acids is 1. The fraction of sp³-hybridized carbons (Fsp3) is 0.875. The van der Waals surface area contributed by atoms with Crippen molar-refractivity contribution in [1.29, 1.82) is 0 Å². The molecule has 1 aliphatic heterocycles. The molecule has 4 atom stereocenters. The third-order valence-electron chi connectivity index (χ3n) is 5.75. The largest absolute Gasteiger partial charge is 0.481 e. The minimum atomic E-state index is -0.784. The summed E-state index contributed by atoms with van der Waals surface area (Å²) in [7, 11) is 0. The molecule has 2 saturated carbocycles. The predicted molar refractivity (Wildman–Crippen MR) is 75.1 cm³/mol. The third kappa shape index (κ3) is 2.57. The molecule has 0 aromatic carbocycles. The van der Waals surface area contributed by atoms with Crippen molar-refractivity contribution in [2.24, 2.45) is 23.7 Å².